The Hall–Kier alpha value is -2.40. The normalized spacial score (nSPS) is 16.4. The highest BCUT2D eigenvalue weighted by atomic mass is 35.5. The summed E-state index contributed by atoms with van der Waals surface area (Å²) in [4.78, 5) is 6.56. The Morgan fingerprint density at radius 2 is 1.97 bits per heavy atom. The number of piperidine rings is 1. The number of fused-ring (bicyclic) bond motifs is 1. The van der Waals surface area contributed by atoms with E-state index in [2.05, 4.69) is 21.7 Å². The lowest BCUT2D eigenvalue weighted by Gasteiger charge is -2.40. The third-order valence-corrected chi connectivity index (χ3v) is 7.59. The molecular weight excluding hydrogens is 502 g/mol. The number of aliphatic hydroxyl groups excluding tert-OH is 2. The van der Waals surface area contributed by atoms with E-state index in [9.17, 15) is 14.6 Å². The molecule has 1 fully saturated rings. The van der Waals surface area contributed by atoms with Crippen LogP contribution in [0.4, 0.5) is 4.39 Å². The van der Waals surface area contributed by atoms with Crippen LogP contribution in [0.15, 0.2) is 42.6 Å². The van der Waals surface area contributed by atoms with Gasteiger partial charge in [-0.3, -0.25) is 9.88 Å². The molecule has 0 unspecified atom stereocenters. The standard InChI is InChI=1S/C28H29Cl2FN2O3/c1-36-21-6-7-25-22(16-21)27(23(30)17-32-25)26(35)8-9-28(18-34)10-13-33(14-11-28)12-2-3-19-4-5-20(29)15-24(19)31/h4-7,15-17,26,34-35H,8-14,18H2,1H3/t26-/m0/s1. The van der Waals surface area contributed by atoms with Crippen molar-refractivity contribution >= 4 is 34.1 Å². The number of likely N-dealkylation sites (tertiary alicyclic amines) is 1. The number of methoxy groups -OCH3 is 1. The molecule has 0 aliphatic carbocycles. The van der Waals surface area contributed by atoms with Crippen molar-refractivity contribution in [2.75, 3.05) is 33.4 Å². The number of halogens is 3. The van der Waals surface area contributed by atoms with Crippen LogP contribution >= 0.6 is 23.2 Å². The van der Waals surface area contributed by atoms with Gasteiger partial charge in [-0.15, -0.1) is 0 Å². The molecule has 2 aromatic carbocycles. The lowest BCUT2D eigenvalue weighted by atomic mass is 9.74. The van der Waals surface area contributed by atoms with Crippen LogP contribution in [0, 0.1) is 23.1 Å². The number of aromatic nitrogens is 1. The smallest absolute Gasteiger partial charge is 0.140 e. The average Bonchev–Trinajstić information content (AvgIpc) is 2.89. The van der Waals surface area contributed by atoms with Crippen molar-refractivity contribution in [1.82, 2.24) is 9.88 Å². The molecule has 5 nitrogen and oxygen atoms in total. The third kappa shape index (κ3) is 6.11. The zero-order chi connectivity index (χ0) is 25.7. The van der Waals surface area contributed by atoms with Gasteiger partial charge >= 0.3 is 0 Å². The Balaban J connectivity index is 1.38. The van der Waals surface area contributed by atoms with Crippen molar-refractivity contribution in [2.45, 2.75) is 31.8 Å². The van der Waals surface area contributed by atoms with E-state index < -0.39 is 11.9 Å². The van der Waals surface area contributed by atoms with Gasteiger partial charge in [0.25, 0.3) is 0 Å². The van der Waals surface area contributed by atoms with Crippen molar-refractivity contribution in [3.63, 3.8) is 0 Å². The Labute approximate surface area is 220 Å². The van der Waals surface area contributed by atoms with E-state index in [0.29, 0.717) is 46.3 Å². The van der Waals surface area contributed by atoms with Crippen molar-refractivity contribution in [2.24, 2.45) is 5.41 Å². The summed E-state index contributed by atoms with van der Waals surface area (Å²) in [6, 6.07) is 9.97. The number of ether oxygens (including phenoxy) is 1. The van der Waals surface area contributed by atoms with Gasteiger partial charge < -0.3 is 14.9 Å². The summed E-state index contributed by atoms with van der Waals surface area (Å²) in [6.45, 7) is 2.11. The Bertz CT molecular complexity index is 1280. The van der Waals surface area contributed by atoms with E-state index in [1.54, 1.807) is 25.4 Å². The highest BCUT2D eigenvalue weighted by Crippen LogP contribution is 2.40. The summed E-state index contributed by atoms with van der Waals surface area (Å²) in [5, 5.41) is 22.9. The van der Waals surface area contributed by atoms with Crippen LogP contribution in [0.2, 0.25) is 10.0 Å². The summed E-state index contributed by atoms with van der Waals surface area (Å²) in [5.41, 5.74) is 1.42. The van der Waals surface area contributed by atoms with Crippen molar-refractivity contribution < 1.29 is 19.3 Å². The average molecular weight is 531 g/mol. The molecule has 1 atom stereocenters. The van der Waals surface area contributed by atoms with Gasteiger partial charge in [0.1, 0.15) is 11.6 Å². The van der Waals surface area contributed by atoms with Crippen LogP contribution < -0.4 is 4.74 Å². The fraction of sp³-hybridized carbons (Fsp3) is 0.393. The fourth-order valence-electron chi connectivity index (χ4n) is 4.73. The first-order valence-electron chi connectivity index (χ1n) is 11.9. The van der Waals surface area contributed by atoms with Crippen LogP contribution in [0.1, 0.15) is 42.9 Å². The molecule has 1 saturated heterocycles. The van der Waals surface area contributed by atoms with Gasteiger partial charge in [-0.1, -0.05) is 35.0 Å². The molecule has 0 saturated carbocycles. The van der Waals surface area contributed by atoms with Crippen LogP contribution in [-0.2, 0) is 0 Å². The number of pyridine rings is 1. The highest BCUT2D eigenvalue weighted by molar-refractivity contribution is 6.32. The van der Waals surface area contributed by atoms with E-state index in [1.165, 1.54) is 6.07 Å². The molecule has 8 heteroatoms. The SMILES string of the molecule is COc1ccc2ncc(Cl)c([C@@H](O)CCC3(CO)CCN(CC#Cc4ccc(Cl)cc4F)CC3)c2c1. The maximum Gasteiger partial charge on any atom is 0.140 e. The maximum atomic E-state index is 13.9. The van der Waals surface area contributed by atoms with E-state index in [1.807, 2.05) is 18.2 Å². The minimum absolute atomic E-state index is 0.0495. The minimum atomic E-state index is -0.795. The maximum absolute atomic E-state index is 13.9. The van der Waals surface area contributed by atoms with E-state index in [4.69, 9.17) is 27.9 Å². The van der Waals surface area contributed by atoms with Crippen LogP contribution in [0.5, 0.6) is 5.75 Å². The van der Waals surface area contributed by atoms with Crippen LogP contribution in [-0.4, -0.2) is 53.4 Å². The molecule has 2 heterocycles. The summed E-state index contributed by atoms with van der Waals surface area (Å²) < 4.78 is 19.3. The number of hydrogen-bond acceptors (Lipinski definition) is 5. The number of rotatable bonds is 7. The zero-order valence-electron chi connectivity index (χ0n) is 20.1. The Kier molecular flexibility index (Phi) is 8.71. The molecular formula is C28H29Cl2FN2O3. The second kappa shape index (κ2) is 11.8. The van der Waals surface area contributed by atoms with Gasteiger partial charge in [0.05, 0.1) is 35.9 Å². The molecule has 1 aromatic heterocycles. The monoisotopic (exact) mass is 530 g/mol. The second-order valence-corrected chi connectivity index (χ2v) is 10.2. The number of aliphatic hydroxyl groups is 2. The molecule has 36 heavy (non-hydrogen) atoms. The topological polar surface area (TPSA) is 65.8 Å². The van der Waals surface area contributed by atoms with Gasteiger partial charge in [-0.25, -0.2) is 4.39 Å². The van der Waals surface area contributed by atoms with Gasteiger partial charge in [-0.2, -0.15) is 0 Å². The predicted octanol–water partition coefficient (Wildman–Crippen LogP) is 5.63. The van der Waals surface area contributed by atoms with Gasteiger partial charge in [0.2, 0.25) is 0 Å². The predicted molar refractivity (Wildman–Crippen MR) is 141 cm³/mol. The van der Waals surface area contributed by atoms with Crippen molar-refractivity contribution in [3.8, 4) is 17.6 Å². The van der Waals surface area contributed by atoms with E-state index in [0.717, 1.165) is 36.8 Å². The quantitative estimate of drug-likeness (QED) is 0.387. The van der Waals surface area contributed by atoms with E-state index >= 15 is 0 Å². The molecule has 0 spiro atoms. The number of nitrogens with zero attached hydrogens (tertiary/aromatic N) is 2. The summed E-state index contributed by atoms with van der Waals surface area (Å²) >= 11 is 12.2. The largest absolute Gasteiger partial charge is 0.497 e. The van der Waals surface area contributed by atoms with Crippen LogP contribution in [0.25, 0.3) is 10.9 Å². The first-order chi connectivity index (χ1) is 17.3. The zero-order valence-corrected chi connectivity index (χ0v) is 21.6. The molecule has 1 aliphatic heterocycles. The Morgan fingerprint density at radius 3 is 2.67 bits per heavy atom. The molecule has 0 radical (unpaired) electrons. The molecule has 0 bridgehead atoms. The lowest BCUT2D eigenvalue weighted by Crippen LogP contribution is -2.42. The summed E-state index contributed by atoms with van der Waals surface area (Å²) in [7, 11) is 1.59. The number of benzene rings is 2. The summed E-state index contributed by atoms with van der Waals surface area (Å²) in [6.07, 6.45) is 3.46. The van der Waals surface area contributed by atoms with Crippen molar-refractivity contribution in [3.05, 3.63) is 69.6 Å². The van der Waals surface area contributed by atoms with Crippen molar-refractivity contribution in [1.29, 1.82) is 0 Å². The Morgan fingerprint density at radius 1 is 1.19 bits per heavy atom. The highest BCUT2D eigenvalue weighted by Gasteiger charge is 2.34. The molecule has 3 aromatic rings. The molecule has 1 aliphatic rings. The van der Waals surface area contributed by atoms with Gasteiger partial charge in [0.15, 0.2) is 0 Å². The molecule has 190 valence electrons. The first kappa shape index (κ1) is 26.7. The fourth-order valence-corrected chi connectivity index (χ4v) is 5.17. The summed E-state index contributed by atoms with van der Waals surface area (Å²) in [5.74, 6) is 6.16. The van der Waals surface area contributed by atoms with E-state index in [-0.39, 0.29) is 12.0 Å². The van der Waals surface area contributed by atoms with Gasteiger partial charge in [-0.05, 0) is 80.6 Å². The third-order valence-electron chi connectivity index (χ3n) is 7.06. The van der Waals surface area contributed by atoms with Gasteiger partial charge in [0, 0.05) is 28.8 Å². The minimum Gasteiger partial charge on any atom is -0.497 e. The molecule has 2 N–H and O–H groups in total. The second-order valence-electron chi connectivity index (χ2n) is 9.32. The lowest BCUT2D eigenvalue weighted by molar-refractivity contribution is 0.0273. The molecule has 4 rings (SSSR count). The number of hydrogen-bond donors (Lipinski definition) is 2. The molecule has 0 amide bonds. The van der Waals surface area contributed by atoms with Crippen LogP contribution in [0.3, 0.4) is 0 Å². The first-order valence-corrected chi connectivity index (χ1v) is 12.7.